The van der Waals surface area contributed by atoms with Gasteiger partial charge >= 0.3 is 0 Å². The minimum atomic E-state index is 0.565. The van der Waals surface area contributed by atoms with Crippen molar-refractivity contribution in [1.82, 2.24) is 4.98 Å². The van der Waals surface area contributed by atoms with Crippen molar-refractivity contribution < 1.29 is 9.47 Å². The van der Waals surface area contributed by atoms with Crippen LogP contribution in [0, 0.1) is 0 Å². The van der Waals surface area contributed by atoms with Crippen LogP contribution in [0.3, 0.4) is 0 Å². The van der Waals surface area contributed by atoms with Crippen LogP contribution < -0.4 is 15.2 Å². The number of methoxy groups -OCH3 is 1. The molecule has 1 aromatic carbocycles. The molecule has 0 fully saturated rings. The van der Waals surface area contributed by atoms with E-state index in [0.29, 0.717) is 11.7 Å². The molecular formula is C13H16N2O2S. The van der Waals surface area contributed by atoms with Gasteiger partial charge in [0.05, 0.1) is 18.6 Å². The molecular weight excluding hydrogens is 248 g/mol. The smallest absolute Gasteiger partial charge is 0.180 e. The van der Waals surface area contributed by atoms with Crippen LogP contribution in [0.1, 0.15) is 13.3 Å². The second kappa shape index (κ2) is 5.73. The van der Waals surface area contributed by atoms with E-state index < -0.39 is 0 Å². The predicted molar refractivity (Wildman–Crippen MR) is 74.3 cm³/mol. The normalized spacial score (nSPS) is 10.3. The Hall–Kier alpha value is -1.75. The van der Waals surface area contributed by atoms with Gasteiger partial charge in [-0.15, -0.1) is 0 Å². The van der Waals surface area contributed by atoms with E-state index in [1.807, 2.05) is 18.2 Å². The van der Waals surface area contributed by atoms with E-state index in [1.54, 1.807) is 13.3 Å². The zero-order valence-corrected chi connectivity index (χ0v) is 11.3. The fraction of sp³-hybridized carbons (Fsp3) is 0.308. The van der Waals surface area contributed by atoms with Crippen molar-refractivity contribution in [2.75, 3.05) is 19.5 Å². The minimum absolute atomic E-state index is 0.565. The number of ether oxygens (including phenoxy) is 2. The van der Waals surface area contributed by atoms with Gasteiger partial charge in [-0.2, -0.15) is 0 Å². The molecule has 0 saturated carbocycles. The summed E-state index contributed by atoms with van der Waals surface area (Å²) in [6.07, 6.45) is 2.73. The Kier molecular flexibility index (Phi) is 4.04. The summed E-state index contributed by atoms with van der Waals surface area (Å²) in [6.45, 7) is 2.75. The summed E-state index contributed by atoms with van der Waals surface area (Å²) in [4.78, 5) is 5.07. The van der Waals surface area contributed by atoms with Crippen LogP contribution in [0.5, 0.6) is 11.5 Å². The molecule has 2 rings (SSSR count). The number of nitrogen functional groups attached to an aromatic ring is 1. The Morgan fingerprint density at radius 1 is 1.33 bits per heavy atom. The second-order valence-corrected chi connectivity index (χ2v) is 4.84. The quantitative estimate of drug-likeness (QED) is 0.901. The molecule has 0 aliphatic heterocycles. The van der Waals surface area contributed by atoms with Crippen LogP contribution in [-0.2, 0) is 0 Å². The van der Waals surface area contributed by atoms with E-state index >= 15 is 0 Å². The lowest BCUT2D eigenvalue weighted by molar-refractivity contribution is 0.294. The van der Waals surface area contributed by atoms with Gasteiger partial charge in [-0.3, -0.25) is 0 Å². The van der Waals surface area contributed by atoms with Crippen LogP contribution in [0.15, 0.2) is 24.4 Å². The number of anilines is 1. The molecule has 2 N–H and O–H groups in total. The molecule has 4 nitrogen and oxygen atoms in total. The molecule has 0 radical (unpaired) electrons. The lowest BCUT2D eigenvalue weighted by Gasteiger charge is -2.10. The molecule has 2 aromatic rings. The third-order valence-corrected chi connectivity index (χ3v) is 3.31. The van der Waals surface area contributed by atoms with Gasteiger partial charge in [0.15, 0.2) is 16.6 Å². The Morgan fingerprint density at radius 2 is 2.17 bits per heavy atom. The van der Waals surface area contributed by atoms with Gasteiger partial charge in [-0.1, -0.05) is 18.3 Å². The lowest BCUT2D eigenvalue weighted by Crippen LogP contribution is -1.97. The average molecular weight is 264 g/mol. The van der Waals surface area contributed by atoms with E-state index in [-0.39, 0.29) is 0 Å². The number of rotatable bonds is 5. The van der Waals surface area contributed by atoms with E-state index in [2.05, 4.69) is 11.9 Å². The molecule has 1 heterocycles. The molecule has 18 heavy (non-hydrogen) atoms. The summed E-state index contributed by atoms with van der Waals surface area (Å²) in [5.74, 6) is 1.49. The topological polar surface area (TPSA) is 57.4 Å². The molecule has 0 spiro atoms. The van der Waals surface area contributed by atoms with Crippen LogP contribution in [0.4, 0.5) is 5.13 Å². The Morgan fingerprint density at radius 3 is 2.78 bits per heavy atom. The number of hydrogen-bond donors (Lipinski definition) is 1. The number of benzene rings is 1. The van der Waals surface area contributed by atoms with E-state index in [9.17, 15) is 0 Å². The number of hydrogen-bond acceptors (Lipinski definition) is 5. The average Bonchev–Trinajstić information content (AvgIpc) is 2.83. The van der Waals surface area contributed by atoms with Crippen molar-refractivity contribution in [3.05, 3.63) is 24.4 Å². The van der Waals surface area contributed by atoms with Crippen LogP contribution in [0.2, 0.25) is 0 Å². The molecule has 0 aliphatic carbocycles. The van der Waals surface area contributed by atoms with E-state index in [0.717, 1.165) is 28.4 Å². The van der Waals surface area contributed by atoms with Crippen LogP contribution in [0.25, 0.3) is 10.4 Å². The number of thiazole rings is 1. The standard InChI is InChI=1S/C13H16N2O2S/c1-3-6-17-10-5-4-9(7-11(10)16-2)12-8-15-13(14)18-12/h4-5,7-8H,3,6H2,1-2H3,(H2,14,15). The van der Waals surface area contributed by atoms with Gasteiger partial charge in [0.2, 0.25) is 0 Å². The monoisotopic (exact) mass is 264 g/mol. The van der Waals surface area contributed by atoms with Crippen molar-refractivity contribution in [2.45, 2.75) is 13.3 Å². The van der Waals surface area contributed by atoms with Crippen LogP contribution in [-0.4, -0.2) is 18.7 Å². The molecule has 0 bridgehead atoms. The van der Waals surface area contributed by atoms with E-state index in [1.165, 1.54) is 11.3 Å². The summed E-state index contributed by atoms with van der Waals surface area (Å²) in [5, 5.41) is 0.565. The fourth-order valence-electron chi connectivity index (χ4n) is 1.57. The molecule has 1 aromatic heterocycles. The number of aromatic nitrogens is 1. The molecule has 5 heteroatoms. The first-order valence-corrected chi connectivity index (χ1v) is 6.58. The summed E-state index contributed by atoms with van der Waals surface area (Å²) in [6, 6.07) is 5.85. The minimum Gasteiger partial charge on any atom is -0.493 e. The van der Waals surface area contributed by atoms with Gasteiger partial charge in [0, 0.05) is 6.20 Å². The summed E-state index contributed by atoms with van der Waals surface area (Å²) >= 11 is 1.45. The second-order valence-electron chi connectivity index (χ2n) is 3.78. The van der Waals surface area contributed by atoms with E-state index in [4.69, 9.17) is 15.2 Å². The molecule has 96 valence electrons. The Labute approximate surface area is 110 Å². The highest BCUT2D eigenvalue weighted by Crippen LogP contribution is 2.35. The maximum atomic E-state index is 5.63. The molecule has 0 unspecified atom stereocenters. The van der Waals surface area contributed by atoms with Crippen molar-refractivity contribution >= 4 is 16.5 Å². The Bertz CT molecular complexity index is 525. The number of nitrogens with zero attached hydrogens (tertiary/aromatic N) is 1. The highest BCUT2D eigenvalue weighted by molar-refractivity contribution is 7.18. The van der Waals surface area contributed by atoms with Gasteiger partial charge in [-0.05, 0) is 30.2 Å². The molecule has 0 saturated heterocycles. The van der Waals surface area contributed by atoms with Crippen molar-refractivity contribution in [3.8, 4) is 21.9 Å². The number of nitrogens with two attached hydrogens (primary N) is 1. The van der Waals surface area contributed by atoms with Gasteiger partial charge in [0.25, 0.3) is 0 Å². The zero-order valence-electron chi connectivity index (χ0n) is 10.5. The molecule has 0 amide bonds. The fourth-order valence-corrected chi connectivity index (χ4v) is 2.25. The first kappa shape index (κ1) is 12.7. The lowest BCUT2D eigenvalue weighted by atomic mass is 10.2. The maximum Gasteiger partial charge on any atom is 0.180 e. The first-order chi connectivity index (χ1) is 8.74. The highest BCUT2D eigenvalue weighted by atomic mass is 32.1. The molecule has 0 atom stereocenters. The summed E-state index contributed by atoms with van der Waals surface area (Å²) in [7, 11) is 1.64. The molecule has 0 aliphatic rings. The van der Waals surface area contributed by atoms with Crippen molar-refractivity contribution in [2.24, 2.45) is 0 Å². The van der Waals surface area contributed by atoms with Crippen molar-refractivity contribution in [1.29, 1.82) is 0 Å². The largest absolute Gasteiger partial charge is 0.493 e. The van der Waals surface area contributed by atoms with Gasteiger partial charge in [0.1, 0.15) is 0 Å². The third kappa shape index (κ3) is 2.73. The predicted octanol–water partition coefficient (Wildman–Crippen LogP) is 3.19. The van der Waals surface area contributed by atoms with Gasteiger partial charge < -0.3 is 15.2 Å². The zero-order chi connectivity index (χ0) is 13.0. The highest BCUT2D eigenvalue weighted by Gasteiger charge is 2.08. The van der Waals surface area contributed by atoms with Crippen molar-refractivity contribution in [3.63, 3.8) is 0 Å². The first-order valence-electron chi connectivity index (χ1n) is 5.77. The SMILES string of the molecule is CCCOc1ccc(-c2cnc(N)s2)cc1OC. The van der Waals surface area contributed by atoms with Gasteiger partial charge in [-0.25, -0.2) is 4.98 Å². The third-order valence-electron chi connectivity index (χ3n) is 2.43. The van der Waals surface area contributed by atoms with Crippen LogP contribution >= 0.6 is 11.3 Å². The Balaban J connectivity index is 2.29. The summed E-state index contributed by atoms with van der Waals surface area (Å²) in [5.41, 5.74) is 6.67. The maximum absolute atomic E-state index is 5.63. The summed E-state index contributed by atoms with van der Waals surface area (Å²) < 4.78 is 11.0.